The highest BCUT2D eigenvalue weighted by Gasteiger charge is 2.43. The van der Waals surface area contributed by atoms with Gasteiger partial charge in [0, 0.05) is 28.4 Å². The SMILES string of the molecule is CCCCCCCCOc1ccc(C(=O)Nc2cc(C(F)(F)F)c(Oc3ccc4[nH]cc(C(C)CC)c4c3)c(C(F)(F)F)c2)cc1. The Hall–Kier alpha value is -4.15. The van der Waals surface area contributed by atoms with E-state index in [-0.39, 0.29) is 17.2 Å². The van der Waals surface area contributed by atoms with E-state index in [1.54, 1.807) is 6.20 Å². The lowest BCUT2D eigenvalue weighted by Crippen LogP contribution is -2.17. The molecule has 1 heterocycles. The predicted molar refractivity (Wildman–Crippen MR) is 167 cm³/mol. The van der Waals surface area contributed by atoms with Gasteiger partial charge in [0.25, 0.3) is 5.91 Å². The number of anilines is 1. The molecule has 0 saturated carbocycles. The fourth-order valence-corrected chi connectivity index (χ4v) is 5.14. The van der Waals surface area contributed by atoms with Crippen molar-refractivity contribution in [1.82, 2.24) is 4.98 Å². The van der Waals surface area contributed by atoms with Gasteiger partial charge in [0.2, 0.25) is 0 Å². The molecule has 46 heavy (non-hydrogen) atoms. The van der Waals surface area contributed by atoms with Crippen LogP contribution in [0.2, 0.25) is 0 Å². The molecule has 1 aromatic heterocycles. The molecular formula is C35H38F6N2O3. The standard InChI is InChI=1S/C35H38F6N2O3/c1-4-6-7-8-9-10-17-45-25-13-11-23(12-14-25)33(44)43-24-18-29(34(36,37)38)32(30(19-24)35(39,40)41)46-26-15-16-31-27(20-26)28(21-42-31)22(3)5-2/h11-16,18-22,42H,4-10,17H2,1-3H3,(H,43,44). The normalized spacial score (nSPS) is 12.7. The number of carbonyl (C=O) groups excluding carboxylic acids is 1. The highest BCUT2D eigenvalue weighted by atomic mass is 19.4. The van der Waals surface area contributed by atoms with E-state index in [1.807, 2.05) is 13.8 Å². The second-order valence-electron chi connectivity index (χ2n) is 11.4. The lowest BCUT2D eigenvalue weighted by atomic mass is 9.98. The number of ether oxygens (including phenoxy) is 2. The van der Waals surface area contributed by atoms with E-state index in [0.29, 0.717) is 35.4 Å². The van der Waals surface area contributed by atoms with Crippen LogP contribution in [0.3, 0.4) is 0 Å². The lowest BCUT2D eigenvalue weighted by molar-refractivity contribution is -0.144. The molecule has 1 amide bonds. The maximum absolute atomic E-state index is 14.2. The molecule has 0 bridgehead atoms. The van der Waals surface area contributed by atoms with Crippen LogP contribution in [0.1, 0.15) is 98.7 Å². The first-order valence-corrected chi connectivity index (χ1v) is 15.5. The average molecular weight is 649 g/mol. The zero-order chi connectivity index (χ0) is 33.5. The predicted octanol–water partition coefficient (Wildman–Crippen LogP) is 11.5. The first-order valence-electron chi connectivity index (χ1n) is 15.5. The fraction of sp³-hybridized carbons (Fsp3) is 0.400. The summed E-state index contributed by atoms with van der Waals surface area (Å²) < 4.78 is 96.6. The van der Waals surface area contributed by atoms with Gasteiger partial charge in [0.05, 0.1) is 6.61 Å². The van der Waals surface area contributed by atoms with Crippen LogP contribution in [0.15, 0.2) is 60.8 Å². The minimum Gasteiger partial charge on any atom is -0.494 e. The summed E-state index contributed by atoms with van der Waals surface area (Å²) in [5.41, 5.74) is -2.46. The molecule has 3 aromatic carbocycles. The molecule has 5 nitrogen and oxygen atoms in total. The topological polar surface area (TPSA) is 63.4 Å². The summed E-state index contributed by atoms with van der Waals surface area (Å²) in [4.78, 5) is 15.9. The third-order valence-electron chi connectivity index (χ3n) is 7.89. The Bertz CT molecular complexity index is 1570. The van der Waals surface area contributed by atoms with Gasteiger partial charge in [-0.25, -0.2) is 0 Å². The number of nitrogens with one attached hydrogen (secondary N) is 2. The Morgan fingerprint density at radius 3 is 2.04 bits per heavy atom. The van der Waals surface area contributed by atoms with E-state index in [4.69, 9.17) is 9.47 Å². The third-order valence-corrected chi connectivity index (χ3v) is 7.89. The van der Waals surface area contributed by atoms with Gasteiger partial charge in [0.1, 0.15) is 22.6 Å². The summed E-state index contributed by atoms with van der Waals surface area (Å²) in [5, 5.41) is 2.81. The summed E-state index contributed by atoms with van der Waals surface area (Å²) in [6.45, 7) is 6.57. The minimum absolute atomic E-state index is 0.0336. The van der Waals surface area contributed by atoms with Crippen LogP contribution in [0, 0.1) is 0 Å². The van der Waals surface area contributed by atoms with Crippen molar-refractivity contribution in [2.24, 2.45) is 0 Å². The number of unbranched alkanes of at least 4 members (excludes halogenated alkanes) is 5. The first-order chi connectivity index (χ1) is 21.8. The van der Waals surface area contributed by atoms with E-state index in [0.717, 1.165) is 37.7 Å². The van der Waals surface area contributed by atoms with E-state index in [9.17, 15) is 31.1 Å². The number of rotatable bonds is 14. The number of fused-ring (bicyclic) bond motifs is 1. The van der Waals surface area contributed by atoms with Crippen LogP contribution in [0.4, 0.5) is 32.0 Å². The van der Waals surface area contributed by atoms with Crippen LogP contribution in [0.5, 0.6) is 17.2 Å². The van der Waals surface area contributed by atoms with E-state index >= 15 is 0 Å². The van der Waals surface area contributed by atoms with E-state index in [2.05, 4.69) is 17.2 Å². The fourth-order valence-electron chi connectivity index (χ4n) is 5.14. The molecule has 0 spiro atoms. The van der Waals surface area contributed by atoms with E-state index < -0.39 is 40.8 Å². The quantitative estimate of drug-likeness (QED) is 0.106. The molecule has 11 heteroatoms. The van der Waals surface area contributed by atoms with Gasteiger partial charge in [-0.2, -0.15) is 26.3 Å². The number of amides is 1. The van der Waals surface area contributed by atoms with Crippen LogP contribution in [0.25, 0.3) is 10.9 Å². The van der Waals surface area contributed by atoms with Gasteiger partial charge < -0.3 is 19.8 Å². The minimum atomic E-state index is -5.23. The molecule has 0 fully saturated rings. The first kappa shape index (κ1) is 34.7. The van der Waals surface area contributed by atoms with Gasteiger partial charge in [0.15, 0.2) is 5.75 Å². The van der Waals surface area contributed by atoms with Crippen LogP contribution < -0.4 is 14.8 Å². The summed E-state index contributed by atoms with van der Waals surface area (Å²) in [6, 6.07) is 11.0. The van der Waals surface area contributed by atoms with Crippen molar-refractivity contribution in [2.75, 3.05) is 11.9 Å². The zero-order valence-corrected chi connectivity index (χ0v) is 26.0. The monoisotopic (exact) mass is 648 g/mol. The summed E-state index contributed by atoms with van der Waals surface area (Å²) in [5.74, 6) is -1.88. The molecule has 0 aliphatic rings. The highest BCUT2D eigenvalue weighted by molar-refractivity contribution is 6.04. The molecule has 0 aliphatic heterocycles. The van der Waals surface area contributed by atoms with Crippen molar-refractivity contribution in [3.63, 3.8) is 0 Å². The molecule has 0 aliphatic carbocycles. The molecule has 0 saturated heterocycles. The number of hydrogen-bond donors (Lipinski definition) is 2. The molecular weight excluding hydrogens is 610 g/mol. The van der Waals surface area contributed by atoms with Crippen molar-refractivity contribution in [3.8, 4) is 17.2 Å². The Kier molecular flexibility index (Phi) is 11.3. The smallest absolute Gasteiger partial charge is 0.420 e. The van der Waals surface area contributed by atoms with Crippen molar-refractivity contribution >= 4 is 22.5 Å². The third kappa shape index (κ3) is 8.76. The van der Waals surface area contributed by atoms with Crippen LogP contribution in [-0.4, -0.2) is 17.5 Å². The Morgan fingerprint density at radius 1 is 0.826 bits per heavy atom. The Morgan fingerprint density at radius 2 is 1.43 bits per heavy atom. The average Bonchev–Trinajstić information content (AvgIpc) is 3.43. The number of hydrogen-bond acceptors (Lipinski definition) is 3. The van der Waals surface area contributed by atoms with Gasteiger partial charge in [-0.15, -0.1) is 0 Å². The molecule has 4 rings (SSSR count). The molecule has 4 aromatic rings. The van der Waals surface area contributed by atoms with Crippen LogP contribution in [-0.2, 0) is 12.4 Å². The van der Waals surface area contributed by atoms with Gasteiger partial charge in [-0.1, -0.05) is 52.9 Å². The summed E-state index contributed by atoms with van der Waals surface area (Å²) >= 11 is 0. The summed E-state index contributed by atoms with van der Waals surface area (Å²) in [7, 11) is 0. The van der Waals surface area contributed by atoms with E-state index in [1.165, 1.54) is 55.3 Å². The number of alkyl halides is 6. The second-order valence-corrected chi connectivity index (χ2v) is 11.4. The van der Waals surface area contributed by atoms with Gasteiger partial charge >= 0.3 is 12.4 Å². The van der Waals surface area contributed by atoms with Crippen molar-refractivity contribution < 1.29 is 40.6 Å². The van der Waals surface area contributed by atoms with Crippen molar-refractivity contribution in [1.29, 1.82) is 0 Å². The molecule has 1 atom stereocenters. The van der Waals surface area contributed by atoms with Gasteiger partial charge in [-0.05, 0) is 78.9 Å². The Balaban J connectivity index is 1.56. The number of carbonyl (C=O) groups is 1. The molecule has 248 valence electrons. The van der Waals surface area contributed by atoms with Crippen LogP contribution >= 0.6 is 0 Å². The maximum Gasteiger partial charge on any atom is 0.420 e. The number of benzene rings is 3. The number of aromatic amines is 1. The summed E-state index contributed by atoms with van der Waals surface area (Å²) in [6.07, 6.45) is -1.36. The molecule has 2 N–H and O–H groups in total. The molecule has 0 radical (unpaired) electrons. The number of aromatic nitrogens is 1. The van der Waals surface area contributed by atoms with Crippen molar-refractivity contribution in [3.05, 3.63) is 83.0 Å². The lowest BCUT2D eigenvalue weighted by Gasteiger charge is -2.21. The van der Waals surface area contributed by atoms with Crippen molar-refractivity contribution in [2.45, 2.75) is 84.0 Å². The Labute approximate surface area is 264 Å². The largest absolute Gasteiger partial charge is 0.494 e. The highest BCUT2D eigenvalue weighted by Crippen LogP contribution is 2.48. The maximum atomic E-state index is 14.2. The number of H-pyrrole nitrogens is 1. The molecule has 1 unspecified atom stereocenters. The number of halogens is 6. The zero-order valence-electron chi connectivity index (χ0n) is 26.0. The second kappa shape index (κ2) is 15.0. The van der Waals surface area contributed by atoms with Gasteiger partial charge in [-0.3, -0.25) is 4.79 Å².